The standard InChI is InChI=1S/C8H11BrN4O2/c9-7-5-10-13(11-7)6-1-3-12(4-2-6)8(14)15/h5-6H,1-4H2,(H,14,15). The fraction of sp³-hybridized carbons (Fsp3) is 0.625. The van der Waals surface area contributed by atoms with E-state index in [1.165, 1.54) is 4.90 Å². The second-order valence-electron chi connectivity index (χ2n) is 3.49. The van der Waals surface area contributed by atoms with Gasteiger partial charge in [-0.05, 0) is 28.8 Å². The Labute approximate surface area is 95.0 Å². The number of piperidine rings is 1. The van der Waals surface area contributed by atoms with E-state index in [2.05, 4.69) is 26.1 Å². The fourth-order valence-electron chi connectivity index (χ4n) is 1.72. The maximum atomic E-state index is 10.7. The molecule has 0 radical (unpaired) electrons. The largest absolute Gasteiger partial charge is 0.465 e. The van der Waals surface area contributed by atoms with Gasteiger partial charge >= 0.3 is 6.09 Å². The Morgan fingerprint density at radius 1 is 1.53 bits per heavy atom. The van der Waals surface area contributed by atoms with Gasteiger partial charge in [-0.25, -0.2) is 4.79 Å². The third-order valence-corrected chi connectivity index (χ3v) is 2.91. The Balaban J connectivity index is 1.96. The van der Waals surface area contributed by atoms with Gasteiger partial charge in [0.25, 0.3) is 0 Å². The minimum atomic E-state index is -0.844. The number of nitrogens with zero attached hydrogens (tertiary/aromatic N) is 4. The zero-order valence-corrected chi connectivity index (χ0v) is 9.59. The first-order chi connectivity index (χ1) is 7.16. The zero-order valence-electron chi connectivity index (χ0n) is 8.01. The number of rotatable bonds is 1. The van der Waals surface area contributed by atoms with Crippen molar-refractivity contribution in [2.24, 2.45) is 0 Å². The predicted octanol–water partition coefficient (Wildman–Crippen LogP) is 1.36. The summed E-state index contributed by atoms with van der Waals surface area (Å²) in [4.78, 5) is 13.8. The van der Waals surface area contributed by atoms with Crippen molar-refractivity contribution in [2.45, 2.75) is 18.9 Å². The van der Waals surface area contributed by atoms with Crippen molar-refractivity contribution in [1.82, 2.24) is 19.9 Å². The van der Waals surface area contributed by atoms with E-state index in [9.17, 15) is 4.79 Å². The fourth-order valence-corrected chi connectivity index (χ4v) is 1.97. The maximum absolute atomic E-state index is 10.7. The predicted molar refractivity (Wildman–Crippen MR) is 55.6 cm³/mol. The molecule has 0 atom stereocenters. The van der Waals surface area contributed by atoms with Gasteiger partial charge in [-0.2, -0.15) is 9.90 Å². The molecule has 1 aromatic rings. The molecule has 1 fully saturated rings. The number of amides is 1. The van der Waals surface area contributed by atoms with Crippen LogP contribution in [-0.4, -0.2) is 44.2 Å². The van der Waals surface area contributed by atoms with Crippen molar-refractivity contribution in [3.8, 4) is 0 Å². The van der Waals surface area contributed by atoms with Gasteiger partial charge in [0.1, 0.15) is 4.60 Å². The van der Waals surface area contributed by atoms with Gasteiger partial charge in [-0.3, -0.25) is 0 Å². The molecule has 1 amide bonds. The lowest BCUT2D eigenvalue weighted by Crippen LogP contribution is -2.38. The molecule has 1 saturated heterocycles. The Morgan fingerprint density at radius 2 is 2.20 bits per heavy atom. The summed E-state index contributed by atoms with van der Waals surface area (Å²) >= 11 is 3.23. The molecule has 1 N–H and O–H groups in total. The summed E-state index contributed by atoms with van der Waals surface area (Å²) in [5.74, 6) is 0. The van der Waals surface area contributed by atoms with Crippen molar-refractivity contribution >= 4 is 22.0 Å². The van der Waals surface area contributed by atoms with E-state index in [0.717, 1.165) is 12.8 Å². The molecule has 0 spiro atoms. The molecule has 1 aromatic heterocycles. The number of hydrogen-bond donors (Lipinski definition) is 1. The third kappa shape index (κ3) is 2.28. The van der Waals surface area contributed by atoms with Crippen molar-refractivity contribution in [3.63, 3.8) is 0 Å². The summed E-state index contributed by atoms with van der Waals surface area (Å²) in [6.45, 7) is 1.11. The second kappa shape index (κ2) is 4.18. The van der Waals surface area contributed by atoms with Crippen LogP contribution in [0.25, 0.3) is 0 Å². The average Bonchev–Trinajstić information content (AvgIpc) is 2.65. The van der Waals surface area contributed by atoms with Crippen molar-refractivity contribution in [3.05, 3.63) is 10.8 Å². The SMILES string of the molecule is O=C(O)N1CCC(n2ncc(Br)n2)CC1. The first kappa shape index (κ1) is 10.4. The molecule has 0 saturated carbocycles. The molecule has 0 unspecified atom stereocenters. The highest BCUT2D eigenvalue weighted by atomic mass is 79.9. The molecule has 0 aliphatic carbocycles. The summed E-state index contributed by atoms with van der Waals surface area (Å²) in [6.07, 6.45) is 2.34. The molecular weight excluding hydrogens is 264 g/mol. The summed E-state index contributed by atoms with van der Waals surface area (Å²) in [5.41, 5.74) is 0. The highest BCUT2D eigenvalue weighted by Crippen LogP contribution is 2.21. The zero-order chi connectivity index (χ0) is 10.8. The molecule has 7 heteroatoms. The van der Waals surface area contributed by atoms with Gasteiger partial charge in [0, 0.05) is 13.1 Å². The molecule has 82 valence electrons. The summed E-state index contributed by atoms with van der Waals surface area (Å²) < 4.78 is 0.711. The molecule has 6 nitrogen and oxygen atoms in total. The Kier molecular flexibility index (Phi) is 2.90. The molecule has 2 rings (SSSR count). The van der Waals surface area contributed by atoms with E-state index < -0.39 is 6.09 Å². The number of carboxylic acid groups (broad SMARTS) is 1. The highest BCUT2D eigenvalue weighted by Gasteiger charge is 2.24. The van der Waals surface area contributed by atoms with Crippen LogP contribution in [0.4, 0.5) is 4.79 Å². The minimum Gasteiger partial charge on any atom is -0.465 e. The number of halogens is 1. The summed E-state index contributed by atoms with van der Waals surface area (Å²) in [7, 11) is 0. The Morgan fingerprint density at radius 3 is 2.67 bits per heavy atom. The van der Waals surface area contributed by atoms with Gasteiger partial charge in [0.2, 0.25) is 0 Å². The Hall–Kier alpha value is -1.11. The highest BCUT2D eigenvalue weighted by molar-refractivity contribution is 9.10. The molecule has 1 aliphatic rings. The molecule has 0 aromatic carbocycles. The number of likely N-dealkylation sites (tertiary alicyclic amines) is 1. The van der Waals surface area contributed by atoms with E-state index in [4.69, 9.17) is 5.11 Å². The van der Waals surface area contributed by atoms with Crippen molar-refractivity contribution in [2.75, 3.05) is 13.1 Å². The van der Waals surface area contributed by atoms with Crippen LogP contribution in [0, 0.1) is 0 Å². The number of hydrogen-bond acceptors (Lipinski definition) is 3. The van der Waals surface area contributed by atoms with Gasteiger partial charge in [0.15, 0.2) is 0 Å². The van der Waals surface area contributed by atoms with Crippen molar-refractivity contribution < 1.29 is 9.90 Å². The topological polar surface area (TPSA) is 71.2 Å². The van der Waals surface area contributed by atoms with Crippen LogP contribution in [0.5, 0.6) is 0 Å². The molecule has 0 bridgehead atoms. The van der Waals surface area contributed by atoms with Crippen LogP contribution in [0.1, 0.15) is 18.9 Å². The lowest BCUT2D eigenvalue weighted by atomic mass is 10.1. The maximum Gasteiger partial charge on any atom is 0.407 e. The minimum absolute atomic E-state index is 0.215. The lowest BCUT2D eigenvalue weighted by molar-refractivity contribution is 0.121. The van der Waals surface area contributed by atoms with E-state index in [1.54, 1.807) is 11.0 Å². The lowest BCUT2D eigenvalue weighted by Gasteiger charge is -2.29. The molecule has 15 heavy (non-hydrogen) atoms. The van der Waals surface area contributed by atoms with Crippen LogP contribution in [0.15, 0.2) is 10.8 Å². The van der Waals surface area contributed by atoms with E-state index in [-0.39, 0.29) is 6.04 Å². The summed E-state index contributed by atoms with van der Waals surface area (Å²) in [5, 5.41) is 17.0. The van der Waals surface area contributed by atoms with E-state index >= 15 is 0 Å². The van der Waals surface area contributed by atoms with Gasteiger partial charge in [-0.1, -0.05) is 0 Å². The third-order valence-electron chi connectivity index (χ3n) is 2.54. The van der Waals surface area contributed by atoms with Crippen LogP contribution in [0.3, 0.4) is 0 Å². The van der Waals surface area contributed by atoms with Gasteiger partial charge in [0.05, 0.1) is 12.2 Å². The van der Waals surface area contributed by atoms with E-state index in [1.807, 2.05) is 0 Å². The molecule has 2 heterocycles. The normalized spacial score (nSPS) is 18.1. The smallest absolute Gasteiger partial charge is 0.407 e. The van der Waals surface area contributed by atoms with Gasteiger partial charge < -0.3 is 10.0 Å². The number of carbonyl (C=O) groups is 1. The number of aromatic nitrogens is 3. The molecule has 1 aliphatic heterocycles. The first-order valence-corrected chi connectivity index (χ1v) is 5.51. The summed E-state index contributed by atoms with van der Waals surface area (Å²) in [6, 6.07) is 0.215. The molecular formula is C8H11BrN4O2. The van der Waals surface area contributed by atoms with Crippen LogP contribution >= 0.6 is 15.9 Å². The monoisotopic (exact) mass is 274 g/mol. The first-order valence-electron chi connectivity index (χ1n) is 4.72. The average molecular weight is 275 g/mol. The van der Waals surface area contributed by atoms with E-state index in [0.29, 0.717) is 17.7 Å². The van der Waals surface area contributed by atoms with Crippen LogP contribution in [0.2, 0.25) is 0 Å². The van der Waals surface area contributed by atoms with Crippen LogP contribution < -0.4 is 0 Å². The van der Waals surface area contributed by atoms with Gasteiger partial charge in [-0.15, -0.1) is 5.10 Å². The quantitative estimate of drug-likeness (QED) is 0.839. The second-order valence-corrected chi connectivity index (χ2v) is 4.30. The Bertz CT molecular complexity index is 359. The van der Waals surface area contributed by atoms with Crippen LogP contribution in [-0.2, 0) is 0 Å². The van der Waals surface area contributed by atoms with Crippen molar-refractivity contribution in [1.29, 1.82) is 0 Å².